The maximum Gasteiger partial charge on any atom is 0.243 e. The molecule has 1 aliphatic rings. The molecule has 1 heterocycles. The number of nitrogens with zero attached hydrogens (tertiary/aromatic N) is 1. The van der Waals surface area contributed by atoms with Gasteiger partial charge in [-0.2, -0.15) is 4.31 Å². The van der Waals surface area contributed by atoms with Crippen molar-refractivity contribution >= 4 is 31.5 Å². The Morgan fingerprint density at radius 1 is 0.897 bits per heavy atom. The monoisotopic (exact) mass is 459 g/mol. The molecule has 158 valence electrons. The number of methoxy groups -OCH3 is 2. The average Bonchev–Trinajstić information content (AvgIpc) is 2.73. The van der Waals surface area contributed by atoms with Crippen LogP contribution in [0.3, 0.4) is 0 Å². The molecule has 0 unspecified atom stereocenters. The van der Waals surface area contributed by atoms with Crippen LogP contribution in [0.25, 0.3) is 0 Å². The summed E-state index contributed by atoms with van der Waals surface area (Å²) in [5.41, 5.74) is 0. The fraction of sp³-hybridized carbons (Fsp3) is 0.368. The fourth-order valence-electron chi connectivity index (χ4n) is 3.30. The van der Waals surface area contributed by atoms with Gasteiger partial charge < -0.3 is 9.47 Å². The first kappa shape index (κ1) is 21.9. The summed E-state index contributed by atoms with van der Waals surface area (Å²) >= 11 is 6.05. The lowest BCUT2D eigenvalue weighted by atomic mass is 10.2. The molecule has 0 bridgehead atoms. The maximum atomic E-state index is 12.9. The third-order valence-electron chi connectivity index (χ3n) is 4.99. The van der Waals surface area contributed by atoms with Crippen LogP contribution in [0.1, 0.15) is 12.8 Å². The largest absolute Gasteiger partial charge is 0.497 e. The van der Waals surface area contributed by atoms with Crippen LogP contribution in [0.4, 0.5) is 0 Å². The number of hydrogen-bond acceptors (Lipinski definition) is 6. The van der Waals surface area contributed by atoms with Crippen LogP contribution in [0.5, 0.6) is 11.5 Å². The Morgan fingerprint density at radius 2 is 1.48 bits per heavy atom. The van der Waals surface area contributed by atoms with Gasteiger partial charge in [0, 0.05) is 13.1 Å². The van der Waals surface area contributed by atoms with E-state index in [9.17, 15) is 16.8 Å². The SMILES string of the molecule is COc1ccc(S(=O)(=O)C2CCN(S(=O)(=O)c3ccc(OC)c(Cl)c3)CC2)cc1. The van der Waals surface area contributed by atoms with Crippen LogP contribution in [0.15, 0.2) is 52.3 Å². The van der Waals surface area contributed by atoms with E-state index in [2.05, 4.69) is 0 Å². The molecule has 0 aliphatic carbocycles. The Labute approximate surface area is 176 Å². The molecule has 1 fully saturated rings. The number of rotatable bonds is 6. The van der Waals surface area contributed by atoms with Crippen molar-refractivity contribution < 1.29 is 26.3 Å². The van der Waals surface area contributed by atoms with Crippen LogP contribution >= 0.6 is 11.6 Å². The molecule has 10 heteroatoms. The predicted molar refractivity (Wildman–Crippen MR) is 110 cm³/mol. The van der Waals surface area contributed by atoms with Gasteiger partial charge in [0.15, 0.2) is 9.84 Å². The molecule has 1 saturated heterocycles. The van der Waals surface area contributed by atoms with E-state index in [1.165, 1.54) is 48.9 Å². The van der Waals surface area contributed by atoms with Gasteiger partial charge in [0.25, 0.3) is 0 Å². The fourth-order valence-corrected chi connectivity index (χ4v) is 6.85. The van der Waals surface area contributed by atoms with Crippen LogP contribution < -0.4 is 9.47 Å². The lowest BCUT2D eigenvalue weighted by Gasteiger charge is -2.31. The van der Waals surface area contributed by atoms with E-state index in [4.69, 9.17) is 21.1 Å². The third-order valence-corrected chi connectivity index (χ3v) is 9.46. The molecular formula is C19H22ClNO6S2. The zero-order chi connectivity index (χ0) is 21.2. The number of halogens is 1. The molecule has 1 aliphatic heterocycles. The van der Waals surface area contributed by atoms with Crippen molar-refractivity contribution in [1.29, 1.82) is 0 Å². The number of sulfonamides is 1. The van der Waals surface area contributed by atoms with E-state index in [-0.39, 0.29) is 40.7 Å². The summed E-state index contributed by atoms with van der Waals surface area (Å²) in [6.07, 6.45) is 0.439. The highest BCUT2D eigenvalue weighted by Gasteiger charge is 2.35. The molecule has 0 atom stereocenters. The van der Waals surface area contributed by atoms with Gasteiger partial charge in [-0.15, -0.1) is 0 Å². The van der Waals surface area contributed by atoms with Gasteiger partial charge >= 0.3 is 0 Å². The topological polar surface area (TPSA) is 90.0 Å². The molecule has 0 aromatic heterocycles. The molecular weight excluding hydrogens is 438 g/mol. The molecule has 0 radical (unpaired) electrons. The Bertz CT molecular complexity index is 1080. The number of ether oxygens (including phenoxy) is 2. The molecule has 2 aromatic rings. The van der Waals surface area contributed by atoms with Crippen molar-refractivity contribution in [3.8, 4) is 11.5 Å². The van der Waals surface area contributed by atoms with E-state index in [0.717, 1.165) is 0 Å². The number of benzene rings is 2. The van der Waals surface area contributed by atoms with Crippen molar-refractivity contribution in [2.24, 2.45) is 0 Å². The zero-order valence-electron chi connectivity index (χ0n) is 16.0. The van der Waals surface area contributed by atoms with Gasteiger partial charge in [-0.25, -0.2) is 16.8 Å². The highest BCUT2D eigenvalue weighted by atomic mass is 35.5. The van der Waals surface area contributed by atoms with Gasteiger partial charge in [-0.3, -0.25) is 0 Å². The first-order valence-electron chi connectivity index (χ1n) is 8.92. The van der Waals surface area contributed by atoms with E-state index in [0.29, 0.717) is 11.5 Å². The molecule has 0 spiro atoms. The van der Waals surface area contributed by atoms with Crippen LogP contribution in [0, 0.1) is 0 Å². The second kappa shape index (κ2) is 8.51. The summed E-state index contributed by atoms with van der Waals surface area (Å²) in [5, 5.41) is -0.438. The van der Waals surface area contributed by atoms with Crippen molar-refractivity contribution in [3.63, 3.8) is 0 Å². The molecule has 0 N–H and O–H groups in total. The Balaban J connectivity index is 1.74. The maximum absolute atomic E-state index is 12.9. The van der Waals surface area contributed by atoms with E-state index in [1.54, 1.807) is 12.1 Å². The van der Waals surface area contributed by atoms with Crippen LogP contribution in [-0.2, 0) is 19.9 Å². The highest BCUT2D eigenvalue weighted by molar-refractivity contribution is 7.92. The molecule has 0 saturated carbocycles. The number of piperidine rings is 1. The van der Waals surface area contributed by atoms with E-state index < -0.39 is 25.1 Å². The number of sulfone groups is 1. The van der Waals surface area contributed by atoms with Crippen molar-refractivity contribution in [2.45, 2.75) is 27.9 Å². The first-order valence-corrected chi connectivity index (χ1v) is 12.3. The van der Waals surface area contributed by atoms with Gasteiger partial charge in [-0.05, 0) is 55.3 Å². The Morgan fingerprint density at radius 3 is 2.00 bits per heavy atom. The zero-order valence-corrected chi connectivity index (χ0v) is 18.4. The van der Waals surface area contributed by atoms with Crippen molar-refractivity contribution in [1.82, 2.24) is 4.31 Å². The summed E-state index contributed by atoms with van der Waals surface area (Å²) in [5.74, 6) is 0.956. The minimum Gasteiger partial charge on any atom is -0.497 e. The summed E-state index contributed by atoms with van der Waals surface area (Å²) in [6.45, 7) is 0.234. The Kier molecular flexibility index (Phi) is 6.42. The lowest BCUT2D eigenvalue weighted by molar-refractivity contribution is 0.345. The average molecular weight is 460 g/mol. The van der Waals surface area contributed by atoms with Crippen molar-refractivity contribution in [2.75, 3.05) is 27.3 Å². The second-order valence-corrected chi connectivity index (χ2v) is 11.2. The minimum absolute atomic E-state index is 0.0553. The first-order chi connectivity index (χ1) is 13.7. The molecule has 29 heavy (non-hydrogen) atoms. The van der Waals surface area contributed by atoms with E-state index in [1.807, 2.05) is 0 Å². The molecule has 3 rings (SSSR count). The normalized spacial score (nSPS) is 16.5. The predicted octanol–water partition coefficient (Wildman–Crippen LogP) is 2.98. The summed E-state index contributed by atoms with van der Waals surface area (Å²) in [4.78, 5) is 0.265. The molecule has 0 amide bonds. The smallest absolute Gasteiger partial charge is 0.243 e. The quantitative estimate of drug-likeness (QED) is 0.659. The lowest BCUT2D eigenvalue weighted by Crippen LogP contribution is -2.42. The summed E-state index contributed by atoms with van der Waals surface area (Å²) in [6, 6.07) is 10.5. The number of hydrogen-bond donors (Lipinski definition) is 0. The standard InChI is InChI=1S/C19H22ClNO6S2/c1-26-14-3-5-15(6-4-14)28(22,23)16-9-11-21(12-10-16)29(24,25)17-7-8-19(27-2)18(20)13-17/h3-8,13,16H,9-12H2,1-2H3. The minimum atomic E-state index is -3.77. The summed E-state index contributed by atoms with van der Waals surface area (Å²) in [7, 11) is -4.36. The third kappa shape index (κ3) is 4.37. The van der Waals surface area contributed by atoms with Gasteiger partial charge in [0.05, 0.1) is 34.3 Å². The van der Waals surface area contributed by atoms with Crippen molar-refractivity contribution in [3.05, 3.63) is 47.5 Å². The summed E-state index contributed by atoms with van der Waals surface area (Å²) < 4.78 is 63.0. The highest BCUT2D eigenvalue weighted by Crippen LogP contribution is 2.31. The van der Waals surface area contributed by atoms with Gasteiger partial charge in [0.1, 0.15) is 11.5 Å². The van der Waals surface area contributed by atoms with Crippen LogP contribution in [-0.4, -0.2) is 53.7 Å². The van der Waals surface area contributed by atoms with Gasteiger partial charge in [-0.1, -0.05) is 11.6 Å². The Hall–Kier alpha value is -1.81. The second-order valence-electron chi connectivity index (χ2n) is 6.62. The molecule has 7 nitrogen and oxygen atoms in total. The molecule has 2 aromatic carbocycles. The van der Waals surface area contributed by atoms with E-state index >= 15 is 0 Å². The van der Waals surface area contributed by atoms with Gasteiger partial charge in [0.2, 0.25) is 10.0 Å². The van der Waals surface area contributed by atoms with Crippen LogP contribution in [0.2, 0.25) is 5.02 Å².